The molecule has 9 rings (SSSR count). The molecule has 0 fully saturated rings. The van der Waals surface area contributed by atoms with Crippen LogP contribution in [0.15, 0.2) is 158 Å². The first-order valence-corrected chi connectivity index (χ1v) is 15.9. The van der Waals surface area contributed by atoms with Crippen LogP contribution in [-0.4, -0.2) is 0 Å². The van der Waals surface area contributed by atoms with Gasteiger partial charge in [0.2, 0.25) is 0 Å². The van der Waals surface area contributed by atoms with Crippen molar-refractivity contribution < 1.29 is 0 Å². The van der Waals surface area contributed by atoms with E-state index in [4.69, 9.17) is 0 Å². The zero-order chi connectivity index (χ0) is 30.1. The minimum atomic E-state index is 0.0224. The average molecular weight is 573 g/mol. The van der Waals surface area contributed by atoms with Gasteiger partial charge in [-0.2, -0.15) is 0 Å². The molecule has 0 amide bonds. The third kappa shape index (κ3) is 3.85. The molecule has 0 N–H and O–H groups in total. The van der Waals surface area contributed by atoms with Gasteiger partial charge in [0.05, 0.1) is 0 Å². The van der Waals surface area contributed by atoms with Gasteiger partial charge >= 0.3 is 0 Å². The number of benzene rings is 8. The van der Waals surface area contributed by atoms with Gasteiger partial charge in [-0.05, 0) is 94.0 Å². The molecule has 0 aromatic heterocycles. The van der Waals surface area contributed by atoms with Crippen molar-refractivity contribution in [1.82, 2.24) is 0 Å². The van der Waals surface area contributed by atoms with E-state index in [2.05, 4.69) is 172 Å². The summed E-state index contributed by atoms with van der Waals surface area (Å²) in [6.07, 6.45) is 0. The monoisotopic (exact) mass is 572 g/mol. The molecule has 0 atom stereocenters. The predicted molar refractivity (Wildman–Crippen MR) is 193 cm³/mol. The quantitative estimate of drug-likeness (QED) is 0.185. The van der Waals surface area contributed by atoms with Gasteiger partial charge in [-0.3, -0.25) is 0 Å². The van der Waals surface area contributed by atoms with Gasteiger partial charge in [0.1, 0.15) is 0 Å². The predicted octanol–water partition coefficient (Wildman–Crippen LogP) is 12.5. The van der Waals surface area contributed by atoms with E-state index >= 15 is 0 Å². The Bertz CT molecular complexity index is 2380. The lowest BCUT2D eigenvalue weighted by atomic mass is 9.82. The Morgan fingerprint density at radius 3 is 1.53 bits per heavy atom. The lowest BCUT2D eigenvalue weighted by Crippen LogP contribution is -2.14. The molecule has 0 bridgehead atoms. The molecular formula is C45H32. The SMILES string of the molecule is CC1(C)c2ccccc2-c2cc(-c3ccc(-c4c5ccccc5c(-c5cccc6ccccc56)c5ccccc45)cc3)ccc21. The summed E-state index contributed by atoms with van der Waals surface area (Å²) in [7, 11) is 0. The summed E-state index contributed by atoms with van der Waals surface area (Å²) >= 11 is 0. The van der Waals surface area contributed by atoms with Crippen LogP contribution in [0, 0.1) is 0 Å². The zero-order valence-electron chi connectivity index (χ0n) is 25.5. The normalized spacial score (nSPS) is 13.3. The van der Waals surface area contributed by atoms with Crippen LogP contribution in [0.25, 0.3) is 76.8 Å². The zero-order valence-corrected chi connectivity index (χ0v) is 25.5. The number of rotatable bonds is 3. The first-order chi connectivity index (χ1) is 22.1. The van der Waals surface area contributed by atoms with Crippen molar-refractivity contribution >= 4 is 32.3 Å². The van der Waals surface area contributed by atoms with Crippen LogP contribution in [0.5, 0.6) is 0 Å². The minimum absolute atomic E-state index is 0.0224. The maximum atomic E-state index is 2.39. The van der Waals surface area contributed by atoms with Gasteiger partial charge in [-0.25, -0.2) is 0 Å². The molecule has 0 heterocycles. The second kappa shape index (κ2) is 9.78. The van der Waals surface area contributed by atoms with Crippen molar-refractivity contribution in [2.45, 2.75) is 19.3 Å². The van der Waals surface area contributed by atoms with Crippen molar-refractivity contribution in [3.63, 3.8) is 0 Å². The fraction of sp³-hybridized carbons (Fsp3) is 0.0667. The van der Waals surface area contributed by atoms with Crippen molar-refractivity contribution in [3.05, 3.63) is 169 Å². The summed E-state index contributed by atoms with van der Waals surface area (Å²) in [6.45, 7) is 4.68. The first-order valence-electron chi connectivity index (χ1n) is 15.9. The van der Waals surface area contributed by atoms with Crippen LogP contribution in [0.1, 0.15) is 25.0 Å². The number of hydrogen-bond acceptors (Lipinski definition) is 0. The smallest absolute Gasteiger partial charge is 0.0158 e. The van der Waals surface area contributed by atoms with Gasteiger partial charge in [0.25, 0.3) is 0 Å². The van der Waals surface area contributed by atoms with E-state index in [0.29, 0.717) is 0 Å². The van der Waals surface area contributed by atoms with Gasteiger partial charge < -0.3 is 0 Å². The highest BCUT2D eigenvalue weighted by Crippen LogP contribution is 2.50. The van der Waals surface area contributed by atoms with Crippen molar-refractivity contribution in [2.24, 2.45) is 0 Å². The topological polar surface area (TPSA) is 0 Å². The standard InChI is InChI=1S/C45H32/c1-45(2)41-21-10-9-15-34(41)40-28-32(26-27-42(40)45)29-22-24-31(25-23-29)43-36-16-5-7-18-38(36)44(39-19-8-6-17-37(39)43)35-20-11-13-30-12-3-4-14-33(30)35/h3-28H,1-2H3. The van der Waals surface area contributed by atoms with Gasteiger partial charge in [-0.1, -0.05) is 166 Å². The van der Waals surface area contributed by atoms with Gasteiger partial charge in [0.15, 0.2) is 0 Å². The Morgan fingerprint density at radius 1 is 0.333 bits per heavy atom. The molecule has 0 aliphatic heterocycles. The molecule has 0 unspecified atom stereocenters. The average Bonchev–Trinajstić information content (AvgIpc) is 3.33. The number of fused-ring (bicyclic) bond motifs is 6. The fourth-order valence-electron chi connectivity index (χ4n) is 7.90. The minimum Gasteiger partial charge on any atom is -0.0619 e. The molecule has 1 aliphatic carbocycles. The summed E-state index contributed by atoms with van der Waals surface area (Å²) in [5.41, 5.74) is 13.2. The van der Waals surface area contributed by atoms with E-state index < -0.39 is 0 Å². The molecule has 0 spiro atoms. The molecule has 212 valence electrons. The van der Waals surface area contributed by atoms with E-state index in [0.717, 1.165) is 0 Å². The molecule has 8 aromatic carbocycles. The van der Waals surface area contributed by atoms with Crippen molar-refractivity contribution in [1.29, 1.82) is 0 Å². The van der Waals surface area contributed by atoms with E-state index in [1.165, 1.54) is 88.0 Å². The summed E-state index contributed by atoms with van der Waals surface area (Å²) < 4.78 is 0. The summed E-state index contributed by atoms with van der Waals surface area (Å²) in [5, 5.41) is 7.68. The molecule has 0 saturated heterocycles. The number of hydrogen-bond donors (Lipinski definition) is 0. The first kappa shape index (κ1) is 26.0. The summed E-state index contributed by atoms with van der Waals surface area (Å²) in [5.74, 6) is 0. The van der Waals surface area contributed by atoms with Crippen molar-refractivity contribution in [2.75, 3.05) is 0 Å². The third-order valence-electron chi connectivity index (χ3n) is 10.1. The Hall–Kier alpha value is -5.46. The maximum Gasteiger partial charge on any atom is 0.0158 e. The molecule has 0 radical (unpaired) electrons. The Labute approximate surface area is 264 Å². The molecule has 8 aromatic rings. The lowest BCUT2D eigenvalue weighted by Gasteiger charge is -2.21. The Balaban J connectivity index is 1.22. The fourth-order valence-corrected chi connectivity index (χ4v) is 7.90. The third-order valence-corrected chi connectivity index (χ3v) is 10.1. The summed E-state index contributed by atoms with van der Waals surface area (Å²) in [4.78, 5) is 0. The molecular weight excluding hydrogens is 540 g/mol. The second-order valence-electron chi connectivity index (χ2n) is 12.9. The van der Waals surface area contributed by atoms with E-state index in [1.54, 1.807) is 0 Å². The van der Waals surface area contributed by atoms with E-state index in [-0.39, 0.29) is 5.41 Å². The maximum absolute atomic E-state index is 2.39. The van der Waals surface area contributed by atoms with Crippen LogP contribution < -0.4 is 0 Å². The Morgan fingerprint density at radius 2 is 0.822 bits per heavy atom. The molecule has 0 heteroatoms. The van der Waals surface area contributed by atoms with E-state index in [1.807, 2.05) is 0 Å². The molecule has 0 saturated carbocycles. The Kier molecular flexibility index (Phi) is 5.64. The van der Waals surface area contributed by atoms with E-state index in [9.17, 15) is 0 Å². The van der Waals surface area contributed by atoms with Gasteiger partial charge in [-0.15, -0.1) is 0 Å². The highest BCUT2D eigenvalue weighted by Gasteiger charge is 2.35. The van der Waals surface area contributed by atoms with Crippen LogP contribution in [0.2, 0.25) is 0 Å². The van der Waals surface area contributed by atoms with Crippen LogP contribution >= 0.6 is 0 Å². The second-order valence-corrected chi connectivity index (χ2v) is 12.9. The van der Waals surface area contributed by atoms with Crippen molar-refractivity contribution in [3.8, 4) is 44.5 Å². The largest absolute Gasteiger partial charge is 0.0619 e. The van der Waals surface area contributed by atoms with Crippen LogP contribution in [0.4, 0.5) is 0 Å². The molecule has 45 heavy (non-hydrogen) atoms. The van der Waals surface area contributed by atoms with Crippen LogP contribution in [0.3, 0.4) is 0 Å². The molecule has 1 aliphatic rings. The van der Waals surface area contributed by atoms with Gasteiger partial charge in [0, 0.05) is 5.41 Å². The lowest BCUT2D eigenvalue weighted by molar-refractivity contribution is 0.660. The summed E-state index contributed by atoms with van der Waals surface area (Å²) in [6, 6.07) is 58.4. The molecule has 0 nitrogen and oxygen atoms in total. The highest BCUT2D eigenvalue weighted by molar-refractivity contribution is 6.23. The van der Waals surface area contributed by atoms with Crippen LogP contribution in [-0.2, 0) is 5.41 Å². The highest BCUT2D eigenvalue weighted by atomic mass is 14.4.